The molecule has 2 amide bonds. The van der Waals surface area contributed by atoms with Gasteiger partial charge >= 0.3 is 6.18 Å². The maximum atomic E-state index is 13.5. The molecule has 0 saturated carbocycles. The summed E-state index contributed by atoms with van der Waals surface area (Å²) in [7, 11) is 0. The Morgan fingerprint density at radius 1 is 0.943 bits per heavy atom. The topological polar surface area (TPSA) is 126 Å². The Kier molecular flexibility index (Phi) is 10.2. The first-order chi connectivity index (χ1) is 25.4. The van der Waals surface area contributed by atoms with Gasteiger partial charge in [-0.15, -0.1) is 5.10 Å². The van der Waals surface area contributed by atoms with Crippen LogP contribution in [0.5, 0.6) is 0 Å². The van der Waals surface area contributed by atoms with E-state index in [2.05, 4.69) is 50.0 Å². The van der Waals surface area contributed by atoms with Crippen molar-refractivity contribution in [1.82, 2.24) is 25.4 Å². The standard InChI is InChI=1S/C41H42F3N7O2/c1-24(31-19-32(41(42,43)44)21-33(45)20-31)47-39-35-22-37(46-23-36(35)25(2)49-50-39)30-5-3-4-26(18-30)12-15-51-16-13-28(14-17-51)27-6-8-29(9-7-27)34-10-11-38(52)48-40(34)53/h3-9,18-24,28,34H,10-17,45H2,1-2H3,(H,47,50)(H,48,52,53)/t24-,34?/m1/s1. The Bertz CT molecular complexity index is 2150. The van der Waals surface area contributed by atoms with Gasteiger partial charge in [0.2, 0.25) is 11.8 Å². The van der Waals surface area contributed by atoms with E-state index >= 15 is 0 Å². The summed E-state index contributed by atoms with van der Waals surface area (Å²) in [5.41, 5.74) is 11.3. The number of alkyl halides is 3. The number of pyridine rings is 1. The highest BCUT2D eigenvalue weighted by Crippen LogP contribution is 2.35. The van der Waals surface area contributed by atoms with Gasteiger partial charge in [0, 0.05) is 41.2 Å². The van der Waals surface area contributed by atoms with Crippen LogP contribution in [0.15, 0.2) is 79.0 Å². The van der Waals surface area contributed by atoms with Gasteiger partial charge in [-0.2, -0.15) is 18.3 Å². The van der Waals surface area contributed by atoms with Gasteiger partial charge in [-0.3, -0.25) is 19.9 Å². The van der Waals surface area contributed by atoms with Gasteiger partial charge < -0.3 is 16.0 Å². The van der Waals surface area contributed by atoms with Gasteiger partial charge in [-0.05, 0) is 111 Å². The predicted molar refractivity (Wildman–Crippen MR) is 199 cm³/mol. The van der Waals surface area contributed by atoms with Crippen molar-refractivity contribution < 1.29 is 22.8 Å². The number of aryl methyl sites for hydroxylation is 1. The van der Waals surface area contributed by atoms with Crippen LogP contribution in [-0.4, -0.2) is 51.5 Å². The number of nitrogens with one attached hydrogen (secondary N) is 2. The number of carbonyl (C=O) groups excluding carboxylic acids is 2. The van der Waals surface area contributed by atoms with E-state index < -0.39 is 17.8 Å². The molecule has 0 spiro atoms. The number of hydrogen-bond donors (Lipinski definition) is 3. The Morgan fingerprint density at radius 3 is 2.43 bits per heavy atom. The molecule has 2 aliphatic rings. The second-order valence-corrected chi connectivity index (χ2v) is 14.2. The van der Waals surface area contributed by atoms with Gasteiger partial charge in [0.25, 0.3) is 0 Å². The summed E-state index contributed by atoms with van der Waals surface area (Å²) in [5.74, 6) is 0.261. The Morgan fingerprint density at radius 2 is 1.70 bits per heavy atom. The SMILES string of the molecule is Cc1nnc(N[C@H](C)c2cc(N)cc(C(F)(F)F)c2)c2cc(-c3cccc(CCN4CCC(c5ccc(C6CCC(=O)NC6=O)cc5)CC4)c3)ncc12. The molecule has 0 aliphatic carbocycles. The molecule has 4 heterocycles. The lowest BCUT2D eigenvalue weighted by Gasteiger charge is -2.32. The van der Waals surface area contributed by atoms with Gasteiger partial charge in [0.15, 0.2) is 5.82 Å². The molecule has 2 saturated heterocycles. The lowest BCUT2D eigenvalue weighted by Crippen LogP contribution is -2.39. The van der Waals surface area contributed by atoms with Crippen LogP contribution in [0, 0.1) is 6.92 Å². The molecule has 2 aliphatic heterocycles. The van der Waals surface area contributed by atoms with Crippen LogP contribution in [-0.2, 0) is 22.2 Å². The number of rotatable bonds is 9. The minimum absolute atomic E-state index is 0.0369. The van der Waals surface area contributed by atoms with Crippen molar-refractivity contribution >= 4 is 34.1 Å². The summed E-state index contributed by atoms with van der Waals surface area (Å²) < 4.78 is 40.5. The van der Waals surface area contributed by atoms with Crippen molar-refractivity contribution in [2.45, 2.75) is 70.0 Å². The fraction of sp³-hybridized carbons (Fsp3) is 0.341. The average Bonchev–Trinajstić information content (AvgIpc) is 3.15. The zero-order chi connectivity index (χ0) is 37.3. The summed E-state index contributed by atoms with van der Waals surface area (Å²) in [5, 5.41) is 15.9. The minimum Gasteiger partial charge on any atom is -0.399 e. The summed E-state index contributed by atoms with van der Waals surface area (Å²) in [6, 6.07) is 21.7. The first kappa shape index (κ1) is 36.0. The molecule has 2 aromatic heterocycles. The number of imide groups is 1. The molecule has 1 unspecified atom stereocenters. The minimum atomic E-state index is -4.51. The van der Waals surface area contributed by atoms with E-state index in [9.17, 15) is 22.8 Å². The van der Waals surface area contributed by atoms with Crippen LogP contribution in [0.25, 0.3) is 22.0 Å². The van der Waals surface area contributed by atoms with E-state index in [0.717, 1.165) is 78.6 Å². The highest BCUT2D eigenvalue weighted by molar-refractivity contribution is 6.01. The zero-order valence-electron chi connectivity index (χ0n) is 29.7. The highest BCUT2D eigenvalue weighted by Gasteiger charge is 2.32. The molecule has 7 rings (SSSR count). The smallest absolute Gasteiger partial charge is 0.399 e. The number of aromatic nitrogens is 3. The molecular weight excluding hydrogens is 679 g/mol. The molecular formula is C41H42F3N7O2. The predicted octanol–water partition coefficient (Wildman–Crippen LogP) is 7.72. The molecule has 3 aromatic carbocycles. The molecule has 12 heteroatoms. The van der Waals surface area contributed by atoms with Crippen LogP contribution >= 0.6 is 0 Å². The molecule has 9 nitrogen and oxygen atoms in total. The third-order valence-electron chi connectivity index (χ3n) is 10.6. The first-order valence-corrected chi connectivity index (χ1v) is 18.0. The molecule has 2 fully saturated rings. The number of nitrogen functional groups attached to an aromatic ring is 1. The molecule has 0 radical (unpaired) electrons. The maximum Gasteiger partial charge on any atom is 0.416 e. The number of nitrogens with zero attached hydrogens (tertiary/aromatic N) is 4. The monoisotopic (exact) mass is 721 g/mol. The quantitative estimate of drug-likeness (QED) is 0.104. The fourth-order valence-corrected chi connectivity index (χ4v) is 7.49. The number of halogens is 3. The lowest BCUT2D eigenvalue weighted by atomic mass is 9.86. The van der Waals surface area contributed by atoms with E-state index in [4.69, 9.17) is 10.7 Å². The lowest BCUT2D eigenvalue weighted by molar-refractivity contribution is -0.138. The number of amides is 2. The molecule has 274 valence electrons. The van der Waals surface area contributed by atoms with Crippen molar-refractivity contribution in [2.75, 3.05) is 30.7 Å². The van der Waals surface area contributed by atoms with Crippen LogP contribution < -0.4 is 16.4 Å². The van der Waals surface area contributed by atoms with E-state index in [0.29, 0.717) is 35.8 Å². The fourth-order valence-electron chi connectivity index (χ4n) is 7.49. The molecule has 53 heavy (non-hydrogen) atoms. The van der Waals surface area contributed by atoms with Crippen LogP contribution in [0.4, 0.5) is 24.7 Å². The van der Waals surface area contributed by atoms with Crippen LogP contribution in [0.3, 0.4) is 0 Å². The number of anilines is 2. The van der Waals surface area contributed by atoms with Crippen LogP contribution in [0.1, 0.15) is 84.0 Å². The third-order valence-corrected chi connectivity index (χ3v) is 10.6. The summed E-state index contributed by atoms with van der Waals surface area (Å²) >= 11 is 0. The van der Waals surface area contributed by atoms with E-state index in [-0.39, 0.29) is 23.4 Å². The van der Waals surface area contributed by atoms with Crippen LogP contribution in [0.2, 0.25) is 0 Å². The van der Waals surface area contributed by atoms with Gasteiger partial charge in [0.1, 0.15) is 0 Å². The number of hydrogen-bond acceptors (Lipinski definition) is 8. The summed E-state index contributed by atoms with van der Waals surface area (Å²) in [6.45, 7) is 6.57. The Balaban J connectivity index is 0.991. The zero-order valence-corrected chi connectivity index (χ0v) is 29.7. The van der Waals surface area contributed by atoms with Crippen molar-refractivity contribution in [3.63, 3.8) is 0 Å². The molecule has 2 atom stereocenters. The normalized spacial score (nSPS) is 17.9. The first-order valence-electron chi connectivity index (χ1n) is 18.0. The Labute approximate surface area is 306 Å². The maximum absolute atomic E-state index is 13.5. The van der Waals surface area contributed by atoms with Crippen molar-refractivity contribution in [3.8, 4) is 11.3 Å². The summed E-state index contributed by atoms with van der Waals surface area (Å²) in [6.07, 6.45) is 1.22. The van der Waals surface area contributed by atoms with Gasteiger partial charge in [-0.1, -0.05) is 42.5 Å². The van der Waals surface area contributed by atoms with E-state index in [1.807, 2.05) is 37.3 Å². The molecule has 4 N–H and O–H groups in total. The number of likely N-dealkylation sites (tertiary alicyclic amines) is 1. The van der Waals surface area contributed by atoms with E-state index in [1.54, 1.807) is 13.1 Å². The highest BCUT2D eigenvalue weighted by atomic mass is 19.4. The molecule has 0 bridgehead atoms. The summed E-state index contributed by atoms with van der Waals surface area (Å²) in [4.78, 5) is 31.1. The average molecular weight is 722 g/mol. The number of fused-ring (bicyclic) bond motifs is 1. The third kappa shape index (κ3) is 8.17. The molecule has 5 aromatic rings. The van der Waals surface area contributed by atoms with E-state index in [1.165, 1.54) is 17.2 Å². The number of nitrogens with two attached hydrogens (primary N) is 1. The number of carbonyl (C=O) groups is 2. The second-order valence-electron chi connectivity index (χ2n) is 14.2. The second kappa shape index (κ2) is 14.9. The van der Waals surface area contributed by atoms with Gasteiger partial charge in [-0.25, -0.2) is 0 Å². The Hall–Kier alpha value is -5.36. The van der Waals surface area contributed by atoms with Crippen molar-refractivity contribution in [2.24, 2.45) is 0 Å². The largest absolute Gasteiger partial charge is 0.416 e. The number of benzene rings is 3. The van der Waals surface area contributed by atoms with Gasteiger partial charge in [0.05, 0.1) is 28.9 Å². The van der Waals surface area contributed by atoms with Crippen molar-refractivity contribution in [1.29, 1.82) is 0 Å². The number of piperidine rings is 2. The van der Waals surface area contributed by atoms with Crippen molar-refractivity contribution in [3.05, 3.63) is 113 Å².